The van der Waals surface area contributed by atoms with Crippen molar-refractivity contribution in [3.8, 4) is 5.75 Å². The van der Waals surface area contributed by atoms with E-state index in [0.717, 1.165) is 31.8 Å². The number of aliphatic hydroxyl groups excluding tert-OH is 1. The van der Waals surface area contributed by atoms with Crippen molar-refractivity contribution in [2.45, 2.75) is 19.1 Å². The summed E-state index contributed by atoms with van der Waals surface area (Å²) in [6, 6.07) is 8.09. The van der Waals surface area contributed by atoms with E-state index in [0.29, 0.717) is 0 Å². The van der Waals surface area contributed by atoms with Crippen LogP contribution in [-0.4, -0.2) is 36.3 Å². The smallest absolute Gasteiger partial charge is 0.118 e. The maximum absolute atomic E-state index is 9.40. The summed E-state index contributed by atoms with van der Waals surface area (Å²) in [6.07, 6.45) is 0.763. The molecule has 1 aliphatic rings. The van der Waals surface area contributed by atoms with Crippen molar-refractivity contribution in [1.29, 1.82) is 0 Å². The lowest BCUT2D eigenvalue weighted by molar-refractivity contribution is 0.175. The van der Waals surface area contributed by atoms with Crippen LogP contribution in [0, 0.1) is 0 Å². The number of aliphatic hydroxyl groups is 1. The fourth-order valence-corrected chi connectivity index (χ4v) is 1.94. The summed E-state index contributed by atoms with van der Waals surface area (Å²) in [4.78, 5) is 2.27. The Morgan fingerprint density at radius 1 is 1.40 bits per heavy atom. The van der Waals surface area contributed by atoms with Crippen molar-refractivity contribution in [3.05, 3.63) is 29.8 Å². The molecule has 1 N–H and O–H groups in total. The summed E-state index contributed by atoms with van der Waals surface area (Å²) in [7, 11) is 1.67. The summed E-state index contributed by atoms with van der Waals surface area (Å²) in [5.74, 6) is 0.889. The number of rotatable bonds is 3. The van der Waals surface area contributed by atoms with Gasteiger partial charge in [-0.25, -0.2) is 0 Å². The Bertz CT molecular complexity index is 310. The number of hydrogen-bond donors (Lipinski definition) is 1. The molecule has 3 nitrogen and oxygen atoms in total. The predicted molar refractivity (Wildman–Crippen MR) is 58.9 cm³/mol. The molecular formula is C12H17NO2. The SMILES string of the molecule is COc1ccc(CN2CCC(O)C2)cc1. The van der Waals surface area contributed by atoms with E-state index < -0.39 is 0 Å². The third-order valence-corrected chi connectivity index (χ3v) is 2.81. The summed E-state index contributed by atoms with van der Waals surface area (Å²) in [6.45, 7) is 2.71. The molecule has 0 aromatic heterocycles. The van der Waals surface area contributed by atoms with Crippen LogP contribution in [-0.2, 0) is 6.54 Å². The number of hydrogen-bond acceptors (Lipinski definition) is 3. The molecule has 1 atom stereocenters. The van der Waals surface area contributed by atoms with E-state index in [1.54, 1.807) is 7.11 Å². The highest BCUT2D eigenvalue weighted by Crippen LogP contribution is 2.16. The maximum Gasteiger partial charge on any atom is 0.118 e. The fourth-order valence-electron chi connectivity index (χ4n) is 1.94. The first-order chi connectivity index (χ1) is 7.28. The second kappa shape index (κ2) is 4.64. The van der Waals surface area contributed by atoms with Crippen LogP contribution in [0.25, 0.3) is 0 Å². The van der Waals surface area contributed by atoms with Crippen molar-refractivity contribution in [2.75, 3.05) is 20.2 Å². The van der Waals surface area contributed by atoms with E-state index in [4.69, 9.17) is 4.74 Å². The zero-order valence-electron chi connectivity index (χ0n) is 9.02. The van der Waals surface area contributed by atoms with Gasteiger partial charge in [0.25, 0.3) is 0 Å². The van der Waals surface area contributed by atoms with Gasteiger partial charge in [0.05, 0.1) is 13.2 Å². The van der Waals surface area contributed by atoms with E-state index >= 15 is 0 Å². The molecular weight excluding hydrogens is 190 g/mol. The lowest BCUT2D eigenvalue weighted by Gasteiger charge is -2.14. The Hall–Kier alpha value is -1.06. The van der Waals surface area contributed by atoms with Crippen LogP contribution in [0.3, 0.4) is 0 Å². The van der Waals surface area contributed by atoms with Gasteiger partial charge in [-0.1, -0.05) is 12.1 Å². The predicted octanol–water partition coefficient (Wildman–Crippen LogP) is 1.26. The second-order valence-corrected chi connectivity index (χ2v) is 4.03. The molecule has 1 fully saturated rings. The molecule has 0 amide bonds. The zero-order valence-corrected chi connectivity index (χ0v) is 9.02. The molecule has 1 aliphatic heterocycles. The van der Waals surface area contributed by atoms with E-state index in [1.165, 1.54) is 5.56 Å². The van der Waals surface area contributed by atoms with Crippen molar-refractivity contribution in [1.82, 2.24) is 4.90 Å². The number of methoxy groups -OCH3 is 1. The molecule has 2 rings (SSSR count). The molecule has 1 saturated heterocycles. The molecule has 3 heteroatoms. The number of benzene rings is 1. The lowest BCUT2D eigenvalue weighted by atomic mass is 10.2. The highest BCUT2D eigenvalue weighted by molar-refractivity contribution is 5.27. The van der Waals surface area contributed by atoms with Crippen LogP contribution >= 0.6 is 0 Å². The normalized spacial score (nSPS) is 21.9. The van der Waals surface area contributed by atoms with Crippen LogP contribution in [0.5, 0.6) is 5.75 Å². The molecule has 0 spiro atoms. The highest BCUT2D eigenvalue weighted by Gasteiger charge is 2.19. The Morgan fingerprint density at radius 3 is 2.67 bits per heavy atom. The van der Waals surface area contributed by atoms with Gasteiger partial charge in [0.1, 0.15) is 5.75 Å². The van der Waals surface area contributed by atoms with E-state index in [1.807, 2.05) is 12.1 Å². The molecule has 1 heterocycles. The minimum atomic E-state index is -0.136. The fraction of sp³-hybridized carbons (Fsp3) is 0.500. The molecule has 82 valence electrons. The molecule has 0 saturated carbocycles. The third-order valence-electron chi connectivity index (χ3n) is 2.81. The molecule has 0 radical (unpaired) electrons. The second-order valence-electron chi connectivity index (χ2n) is 4.03. The van der Waals surface area contributed by atoms with Crippen LogP contribution in [0.1, 0.15) is 12.0 Å². The standard InChI is InChI=1S/C12H17NO2/c1-15-12-4-2-10(3-5-12)8-13-7-6-11(14)9-13/h2-5,11,14H,6-9H2,1H3. The minimum absolute atomic E-state index is 0.136. The first-order valence-corrected chi connectivity index (χ1v) is 5.31. The number of ether oxygens (including phenoxy) is 1. The average Bonchev–Trinajstić information content (AvgIpc) is 2.65. The Morgan fingerprint density at radius 2 is 2.13 bits per heavy atom. The molecule has 0 aliphatic carbocycles. The monoisotopic (exact) mass is 207 g/mol. The van der Waals surface area contributed by atoms with Crippen LogP contribution in [0.4, 0.5) is 0 Å². The maximum atomic E-state index is 9.40. The van der Waals surface area contributed by atoms with E-state index in [-0.39, 0.29) is 6.10 Å². The van der Waals surface area contributed by atoms with Gasteiger partial charge >= 0.3 is 0 Å². The minimum Gasteiger partial charge on any atom is -0.497 e. The molecule has 1 unspecified atom stereocenters. The topological polar surface area (TPSA) is 32.7 Å². The van der Waals surface area contributed by atoms with Gasteiger partial charge in [0.15, 0.2) is 0 Å². The molecule has 1 aromatic carbocycles. The van der Waals surface area contributed by atoms with Gasteiger partial charge < -0.3 is 9.84 Å². The van der Waals surface area contributed by atoms with Crippen molar-refractivity contribution < 1.29 is 9.84 Å². The summed E-state index contributed by atoms with van der Waals surface area (Å²) >= 11 is 0. The van der Waals surface area contributed by atoms with Gasteiger partial charge in [0, 0.05) is 19.6 Å². The van der Waals surface area contributed by atoms with Gasteiger partial charge in [-0.05, 0) is 24.1 Å². The van der Waals surface area contributed by atoms with Crippen molar-refractivity contribution in [2.24, 2.45) is 0 Å². The Balaban J connectivity index is 1.93. The molecule has 0 bridgehead atoms. The largest absolute Gasteiger partial charge is 0.497 e. The lowest BCUT2D eigenvalue weighted by Crippen LogP contribution is -2.21. The van der Waals surface area contributed by atoms with Gasteiger partial charge in [-0.3, -0.25) is 4.90 Å². The van der Waals surface area contributed by atoms with Gasteiger partial charge in [-0.15, -0.1) is 0 Å². The summed E-state index contributed by atoms with van der Waals surface area (Å²) in [5.41, 5.74) is 1.27. The first-order valence-electron chi connectivity index (χ1n) is 5.31. The molecule has 1 aromatic rings. The quantitative estimate of drug-likeness (QED) is 0.810. The van der Waals surface area contributed by atoms with Crippen molar-refractivity contribution in [3.63, 3.8) is 0 Å². The number of β-amino-alcohol motifs (C(OH)–C–C–N with tert-alkyl or cyclic N) is 1. The van der Waals surface area contributed by atoms with Crippen molar-refractivity contribution >= 4 is 0 Å². The zero-order chi connectivity index (χ0) is 10.7. The Kier molecular flexibility index (Phi) is 3.23. The summed E-state index contributed by atoms with van der Waals surface area (Å²) < 4.78 is 5.10. The van der Waals surface area contributed by atoms with Gasteiger partial charge in [0.2, 0.25) is 0 Å². The van der Waals surface area contributed by atoms with Crippen LogP contribution < -0.4 is 4.74 Å². The first kappa shape index (κ1) is 10.5. The van der Waals surface area contributed by atoms with E-state index in [2.05, 4.69) is 17.0 Å². The van der Waals surface area contributed by atoms with E-state index in [9.17, 15) is 5.11 Å². The van der Waals surface area contributed by atoms with Gasteiger partial charge in [-0.2, -0.15) is 0 Å². The Labute approximate surface area is 90.3 Å². The number of nitrogens with zero attached hydrogens (tertiary/aromatic N) is 1. The third kappa shape index (κ3) is 2.70. The molecule has 15 heavy (non-hydrogen) atoms. The van der Waals surface area contributed by atoms with Crippen LogP contribution in [0.2, 0.25) is 0 Å². The summed E-state index contributed by atoms with van der Waals surface area (Å²) in [5, 5.41) is 9.40. The van der Waals surface area contributed by atoms with Crippen LogP contribution in [0.15, 0.2) is 24.3 Å². The number of likely N-dealkylation sites (tertiary alicyclic amines) is 1. The highest BCUT2D eigenvalue weighted by atomic mass is 16.5. The average molecular weight is 207 g/mol.